The minimum absolute atomic E-state index is 0.181. The fourth-order valence-corrected chi connectivity index (χ4v) is 3.22. The lowest BCUT2D eigenvalue weighted by atomic mass is 10.2. The van der Waals surface area contributed by atoms with Crippen molar-refractivity contribution in [1.29, 1.82) is 0 Å². The molecule has 0 radical (unpaired) electrons. The summed E-state index contributed by atoms with van der Waals surface area (Å²) >= 11 is 1.46. The van der Waals surface area contributed by atoms with E-state index < -0.39 is 0 Å². The Morgan fingerprint density at radius 1 is 1.15 bits per heavy atom. The summed E-state index contributed by atoms with van der Waals surface area (Å²) in [6.07, 6.45) is 1.73. The van der Waals surface area contributed by atoms with Gasteiger partial charge >= 0.3 is 0 Å². The maximum absolute atomic E-state index is 12.1. The van der Waals surface area contributed by atoms with Gasteiger partial charge in [-0.2, -0.15) is 5.10 Å². The average Bonchev–Trinajstić information content (AvgIpc) is 3.17. The second-order valence-electron chi connectivity index (χ2n) is 5.58. The van der Waals surface area contributed by atoms with E-state index in [2.05, 4.69) is 15.5 Å². The Bertz CT molecular complexity index is 939. The highest BCUT2D eigenvalue weighted by Crippen LogP contribution is 2.26. The zero-order valence-electron chi connectivity index (χ0n) is 15.0. The van der Waals surface area contributed by atoms with Crippen LogP contribution in [0, 0.1) is 0 Å². The number of nitrogens with one attached hydrogen (secondary N) is 1. The summed E-state index contributed by atoms with van der Waals surface area (Å²) in [5.74, 6) is 1.02. The van der Waals surface area contributed by atoms with E-state index in [4.69, 9.17) is 9.47 Å². The first-order valence-corrected chi connectivity index (χ1v) is 9.11. The molecule has 1 heterocycles. The van der Waals surface area contributed by atoms with Gasteiger partial charge in [0, 0.05) is 10.9 Å². The van der Waals surface area contributed by atoms with Gasteiger partial charge in [-0.05, 0) is 23.8 Å². The molecule has 3 rings (SSSR count). The first-order chi connectivity index (χ1) is 13.2. The van der Waals surface area contributed by atoms with Gasteiger partial charge in [-0.1, -0.05) is 30.3 Å². The van der Waals surface area contributed by atoms with Crippen LogP contribution in [0.25, 0.3) is 11.3 Å². The van der Waals surface area contributed by atoms with Crippen LogP contribution in [0.4, 0.5) is 0 Å². The maximum Gasteiger partial charge on any atom is 0.246 e. The Morgan fingerprint density at radius 3 is 2.67 bits per heavy atom. The number of hydrazone groups is 1. The summed E-state index contributed by atoms with van der Waals surface area (Å²) in [7, 11) is 3.14. The predicted molar refractivity (Wildman–Crippen MR) is 107 cm³/mol. The quantitative estimate of drug-likeness (QED) is 0.502. The number of methoxy groups -OCH3 is 2. The Kier molecular flexibility index (Phi) is 6.17. The lowest BCUT2D eigenvalue weighted by Gasteiger charge is -2.07. The van der Waals surface area contributed by atoms with Gasteiger partial charge in [-0.3, -0.25) is 4.79 Å². The van der Waals surface area contributed by atoms with E-state index in [0.717, 1.165) is 21.8 Å². The van der Waals surface area contributed by atoms with Crippen molar-refractivity contribution in [2.45, 2.75) is 6.42 Å². The second kappa shape index (κ2) is 8.95. The number of carbonyl (C=O) groups is 1. The predicted octanol–water partition coefficient (Wildman–Crippen LogP) is 3.52. The van der Waals surface area contributed by atoms with Crippen molar-refractivity contribution in [3.8, 4) is 22.8 Å². The van der Waals surface area contributed by atoms with Crippen LogP contribution in [0.2, 0.25) is 0 Å². The normalized spacial score (nSPS) is 10.7. The molecule has 0 atom stereocenters. The summed E-state index contributed by atoms with van der Waals surface area (Å²) in [5, 5.41) is 6.68. The number of hydrogen-bond acceptors (Lipinski definition) is 6. The zero-order valence-corrected chi connectivity index (χ0v) is 15.8. The van der Waals surface area contributed by atoms with Gasteiger partial charge in [0.05, 0.1) is 32.5 Å². The minimum atomic E-state index is -0.222. The number of carbonyl (C=O) groups excluding carboxylic acids is 1. The highest BCUT2D eigenvalue weighted by molar-refractivity contribution is 7.10. The van der Waals surface area contributed by atoms with Gasteiger partial charge in [0.15, 0.2) is 11.5 Å². The molecule has 0 aliphatic rings. The number of aromatic nitrogens is 1. The van der Waals surface area contributed by atoms with E-state index in [1.165, 1.54) is 11.3 Å². The largest absolute Gasteiger partial charge is 0.493 e. The first-order valence-electron chi connectivity index (χ1n) is 8.23. The topological polar surface area (TPSA) is 72.8 Å². The molecule has 0 bridgehead atoms. The molecule has 1 amide bonds. The highest BCUT2D eigenvalue weighted by atomic mass is 32.1. The fourth-order valence-electron chi connectivity index (χ4n) is 2.42. The zero-order chi connectivity index (χ0) is 19.1. The molecule has 0 saturated carbocycles. The summed E-state index contributed by atoms with van der Waals surface area (Å²) in [4.78, 5) is 16.6. The molecule has 1 N–H and O–H groups in total. The summed E-state index contributed by atoms with van der Waals surface area (Å²) < 4.78 is 10.4. The number of benzene rings is 2. The van der Waals surface area contributed by atoms with Crippen LogP contribution >= 0.6 is 11.3 Å². The summed E-state index contributed by atoms with van der Waals surface area (Å²) in [5.41, 5.74) is 5.21. The van der Waals surface area contributed by atoms with Crippen LogP contribution in [0.15, 0.2) is 59.0 Å². The Hall–Kier alpha value is -3.19. The smallest absolute Gasteiger partial charge is 0.246 e. The van der Waals surface area contributed by atoms with Crippen molar-refractivity contribution in [2.75, 3.05) is 14.2 Å². The maximum atomic E-state index is 12.1. The number of thiazole rings is 1. The lowest BCUT2D eigenvalue weighted by molar-refractivity contribution is -0.120. The molecule has 27 heavy (non-hydrogen) atoms. The minimum Gasteiger partial charge on any atom is -0.493 e. The number of nitrogens with zero attached hydrogens (tertiary/aromatic N) is 2. The number of amides is 1. The molecule has 6 nitrogen and oxygen atoms in total. The van der Waals surface area contributed by atoms with Crippen LogP contribution in [-0.2, 0) is 11.2 Å². The van der Waals surface area contributed by atoms with E-state index >= 15 is 0 Å². The van der Waals surface area contributed by atoms with Gasteiger partial charge in [-0.15, -0.1) is 11.3 Å². The molecular formula is C20H19N3O3S. The molecule has 7 heteroatoms. The molecule has 138 valence electrons. The Labute approximate surface area is 161 Å². The third kappa shape index (κ3) is 4.92. The van der Waals surface area contributed by atoms with E-state index in [0.29, 0.717) is 11.5 Å². The molecule has 0 saturated heterocycles. The van der Waals surface area contributed by atoms with Crippen LogP contribution in [-0.4, -0.2) is 31.3 Å². The van der Waals surface area contributed by atoms with Crippen molar-refractivity contribution >= 4 is 23.5 Å². The lowest BCUT2D eigenvalue weighted by Crippen LogP contribution is -2.19. The Balaban J connectivity index is 1.57. The SMILES string of the molecule is COc1ccc(/C=N\NC(=O)Cc2nc(-c3ccccc3)cs2)cc1OC. The molecule has 0 unspecified atom stereocenters. The van der Waals surface area contributed by atoms with Gasteiger partial charge in [-0.25, -0.2) is 10.4 Å². The molecule has 0 aliphatic heterocycles. The monoisotopic (exact) mass is 381 g/mol. The molecular weight excluding hydrogens is 362 g/mol. The van der Waals surface area contributed by atoms with Gasteiger partial charge < -0.3 is 9.47 Å². The second-order valence-corrected chi connectivity index (χ2v) is 6.52. The Morgan fingerprint density at radius 2 is 1.93 bits per heavy atom. The molecule has 0 spiro atoms. The van der Waals surface area contributed by atoms with Gasteiger partial charge in [0.2, 0.25) is 5.91 Å². The van der Waals surface area contributed by atoms with Crippen molar-refractivity contribution in [3.63, 3.8) is 0 Å². The average molecular weight is 381 g/mol. The number of rotatable bonds is 7. The third-order valence-corrected chi connectivity index (χ3v) is 4.59. The van der Waals surface area contributed by atoms with Crippen LogP contribution in [0.5, 0.6) is 11.5 Å². The van der Waals surface area contributed by atoms with Crippen molar-refractivity contribution in [2.24, 2.45) is 5.10 Å². The van der Waals surface area contributed by atoms with Crippen LogP contribution in [0.3, 0.4) is 0 Å². The van der Waals surface area contributed by atoms with Crippen molar-refractivity contribution in [1.82, 2.24) is 10.4 Å². The van der Waals surface area contributed by atoms with E-state index in [9.17, 15) is 4.79 Å². The highest BCUT2D eigenvalue weighted by Gasteiger charge is 2.08. The van der Waals surface area contributed by atoms with E-state index in [-0.39, 0.29) is 12.3 Å². The van der Waals surface area contributed by atoms with Crippen LogP contribution in [0.1, 0.15) is 10.6 Å². The first kappa shape index (κ1) is 18.6. The number of hydrogen-bond donors (Lipinski definition) is 1. The van der Waals surface area contributed by atoms with Gasteiger partial charge in [0.25, 0.3) is 0 Å². The van der Waals surface area contributed by atoms with Crippen molar-refractivity contribution < 1.29 is 14.3 Å². The molecule has 0 fully saturated rings. The fraction of sp³-hybridized carbons (Fsp3) is 0.150. The molecule has 3 aromatic rings. The third-order valence-electron chi connectivity index (χ3n) is 3.74. The molecule has 0 aliphatic carbocycles. The molecule has 1 aromatic heterocycles. The standard InChI is InChI=1S/C20H19N3O3S/c1-25-17-9-8-14(10-18(17)26-2)12-21-23-19(24)11-20-22-16(13-27-20)15-6-4-3-5-7-15/h3-10,12-13H,11H2,1-2H3,(H,23,24)/b21-12-. The molecule has 2 aromatic carbocycles. The number of ether oxygens (including phenoxy) is 2. The van der Waals surface area contributed by atoms with Crippen LogP contribution < -0.4 is 14.9 Å². The van der Waals surface area contributed by atoms with E-state index in [1.807, 2.05) is 41.8 Å². The summed E-state index contributed by atoms with van der Waals surface area (Å²) in [6, 6.07) is 15.3. The summed E-state index contributed by atoms with van der Waals surface area (Å²) in [6.45, 7) is 0. The van der Waals surface area contributed by atoms with E-state index in [1.54, 1.807) is 32.6 Å². The van der Waals surface area contributed by atoms with Gasteiger partial charge in [0.1, 0.15) is 5.01 Å². The van der Waals surface area contributed by atoms with Crippen molar-refractivity contribution in [3.05, 3.63) is 64.5 Å².